The second-order valence-corrected chi connectivity index (χ2v) is 7.92. The quantitative estimate of drug-likeness (QED) is 0.282. The summed E-state index contributed by atoms with van der Waals surface area (Å²) in [6.07, 6.45) is 6.29. The van der Waals surface area contributed by atoms with Gasteiger partial charge in [0, 0.05) is 36.6 Å². The SMILES string of the molecule is NCCCCCCNC(=O)[C@H](Cc1c[nH]c2ccccc12)NC(=O)NCc1ccccc1. The summed E-state index contributed by atoms with van der Waals surface area (Å²) < 4.78 is 0. The minimum atomic E-state index is -0.672. The molecule has 7 nitrogen and oxygen atoms in total. The van der Waals surface area contributed by atoms with Gasteiger partial charge in [-0.3, -0.25) is 4.79 Å². The molecule has 0 saturated carbocycles. The predicted octanol–water partition coefficient (Wildman–Crippen LogP) is 3.21. The first-order valence-corrected chi connectivity index (χ1v) is 11.3. The summed E-state index contributed by atoms with van der Waals surface area (Å²) in [5, 5.41) is 9.73. The van der Waals surface area contributed by atoms with Crippen molar-refractivity contribution in [3.05, 3.63) is 71.9 Å². The summed E-state index contributed by atoms with van der Waals surface area (Å²) in [7, 11) is 0. The second-order valence-electron chi connectivity index (χ2n) is 7.92. The maximum atomic E-state index is 12.9. The summed E-state index contributed by atoms with van der Waals surface area (Å²) in [5.74, 6) is -0.177. The van der Waals surface area contributed by atoms with Crippen molar-refractivity contribution >= 4 is 22.8 Å². The van der Waals surface area contributed by atoms with Gasteiger partial charge < -0.3 is 26.7 Å². The van der Waals surface area contributed by atoms with Crippen LogP contribution in [0.3, 0.4) is 0 Å². The monoisotopic (exact) mass is 435 g/mol. The van der Waals surface area contributed by atoms with Gasteiger partial charge in [-0.2, -0.15) is 0 Å². The number of rotatable bonds is 12. The highest BCUT2D eigenvalue weighted by molar-refractivity contribution is 5.89. The maximum Gasteiger partial charge on any atom is 0.315 e. The predicted molar refractivity (Wildman–Crippen MR) is 128 cm³/mol. The molecule has 0 aliphatic rings. The van der Waals surface area contributed by atoms with Crippen molar-refractivity contribution in [1.82, 2.24) is 20.9 Å². The number of benzene rings is 2. The molecule has 6 N–H and O–H groups in total. The van der Waals surface area contributed by atoms with E-state index in [-0.39, 0.29) is 11.9 Å². The standard InChI is InChI=1S/C25H33N5O2/c26-14-8-1-2-9-15-27-24(31)23(16-20-18-28-22-13-7-6-12-21(20)22)30-25(32)29-17-19-10-4-3-5-11-19/h3-7,10-13,18,23,28H,1-2,8-9,14-17,26H2,(H,27,31)(H2,29,30,32)/t23-/m0/s1. The van der Waals surface area contributed by atoms with Gasteiger partial charge in [-0.05, 0) is 36.6 Å². The van der Waals surface area contributed by atoms with Crippen LogP contribution in [-0.4, -0.2) is 36.1 Å². The number of aromatic amines is 1. The Morgan fingerprint density at radius 2 is 1.66 bits per heavy atom. The van der Waals surface area contributed by atoms with Crippen LogP contribution < -0.4 is 21.7 Å². The number of H-pyrrole nitrogens is 1. The van der Waals surface area contributed by atoms with E-state index in [9.17, 15) is 9.59 Å². The Labute approximate surface area is 189 Å². The number of aromatic nitrogens is 1. The third-order valence-corrected chi connectivity index (χ3v) is 5.45. The third-order valence-electron chi connectivity index (χ3n) is 5.45. The number of carbonyl (C=O) groups is 2. The number of hydrogen-bond donors (Lipinski definition) is 5. The van der Waals surface area contributed by atoms with E-state index in [0.29, 0.717) is 26.1 Å². The number of para-hydroxylation sites is 1. The molecule has 0 fully saturated rings. The number of nitrogens with one attached hydrogen (secondary N) is 4. The van der Waals surface area contributed by atoms with Crippen LogP contribution in [0.5, 0.6) is 0 Å². The lowest BCUT2D eigenvalue weighted by atomic mass is 10.0. The van der Waals surface area contributed by atoms with Gasteiger partial charge in [-0.1, -0.05) is 61.4 Å². The Morgan fingerprint density at radius 3 is 2.47 bits per heavy atom. The molecule has 32 heavy (non-hydrogen) atoms. The van der Waals surface area contributed by atoms with Gasteiger partial charge in [-0.25, -0.2) is 4.79 Å². The van der Waals surface area contributed by atoms with Crippen LogP contribution in [0.2, 0.25) is 0 Å². The van der Waals surface area contributed by atoms with E-state index in [4.69, 9.17) is 5.73 Å². The Balaban J connectivity index is 1.60. The van der Waals surface area contributed by atoms with Crippen molar-refractivity contribution in [2.24, 2.45) is 5.73 Å². The van der Waals surface area contributed by atoms with E-state index < -0.39 is 6.04 Å². The molecule has 0 saturated heterocycles. The van der Waals surface area contributed by atoms with Crippen molar-refractivity contribution in [3.63, 3.8) is 0 Å². The van der Waals surface area contributed by atoms with Gasteiger partial charge in [-0.15, -0.1) is 0 Å². The minimum absolute atomic E-state index is 0.177. The lowest BCUT2D eigenvalue weighted by Gasteiger charge is -2.19. The molecule has 3 aromatic rings. The molecule has 3 amide bonds. The van der Waals surface area contributed by atoms with Crippen molar-refractivity contribution < 1.29 is 9.59 Å². The molecule has 0 aliphatic carbocycles. The average Bonchev–Trinajstić information content (AvgIpc) is 3.23. The van der Waals surface area contributed by atoms with E-state index in [1.807, 2.05) is 60.8 Å². The van der Waals surface area contributed by atoms with E-state index >= 15 is 0 Å². The van der Waals surface area contributed by atoms with Gasteiger partial charge in [0.1, 0.15) is 6.04 Å². The molecule has 7 heteroatoms. The first-order valence-electron chi connectivity index (χ1n) is 11.3. The van der Waals surface area contributed by atoms with E-state index in [0.717, 1.165) is 47.7 Å². The van der Waals surface area contributed by atoms with E-state index in [2.05, 4.69) is 20.9 Å². The number of carbonyl (C=O) groups excluding carboxylic acids is 2. The lowest BCUT2D eigenvalue weighted by molar-refractivity contribution is -0.122. The third kappa shape index (κ3) is 7.13. The van der Waals surface area contributed by atoms with Crippen molar-refractivity contribution in [2.75, 3.05) is 13.1 Å². The van der Waals surface area contributed by atoms with E-state index in [1.54, 1.807) is 0 Å². The first-order chi connectivity index (χ1) is 15.7. The Bertz CT molecular complexity index is 986. The van der Waals surface area contributed by atoms with Gasteiger partial charge >= 0.3 is 6.03 Å². The summed E-state index contributed by atoms with van der Waals surface area (Å²) >= 11 is 0. The van der Waals surface area contributed by atoms with Crippen LogP contribution >= 0.6 is 0 Å². The van der Waals surface area contributed by atoms with Crippen molar-refractivity contribution in [1.29, 1.82) is 0 Å². The van der Waals surface area contributed by atoms with Crippen LogP contribution in [0, 0.1) is 0 Å². The molecule has 1 heterocycles. The Hall–Kier alpha value is -3.32. The molecule has 0 spiro atoms. The molecular weight excluding hydrogens is 402 g/mol. The molecular formula is C25H33N5O2. The summed E-state index contributed by atoms with van der Waals surface area (Å²) in [5.41, 5.74) is 8.52. The number of fused-ring (bicyclic) bond motifs is 1. The van der Waals surface area contributed by atoms with Crippen LogP contribution in [0.25, 0.3) is 10.9 Å². The second kappa shape index (κ2) is 12.5. The van der Waals surface area contributed by atoms with Gasteiger partial charge in [0.25, 0.3) is 0 Å². The Kier molecular flexibility index (Phi) is 9.13. The largest absolute Gasteiger partial charge is 0.361 e. The molecule has 1 atom stereocenters. The highest BCUT2D eigenvalue weighted by Crippen LogP contribution is 2.19. The van der Waals surface area contributed by atoms with Crippen molar-refractivity contribution in [3.8, 4) is 0 Å². The van der Waals surface area contributed by atoms with Gasteiger partial charge in [0.05, 0.1) is 0 Å². The molecule has 0 bridgehead atoms. The number of hydrogen-bond acceptors (Lipinski definition) is 3. The molecule has 3 rings (SSSR count). The number of amides is 3. The molecule has 170 valence electrons. The minimum Gasteiger partial charge on any atom is -0.361 e. The van der Waals surface area contributed by atoms with Crippen LogP contribution in [0.4, 0.5) is 4.79 Å². The highest BCUT2D eigenvalue weighted by Gasteiger charge is 2.22. The number of nitrogens with two attached hydrogens (primary N) is 1. The lowest BCUT2D eigenvalue weighted by Crippen LogP contribution is -2.51. The van der Waals surface area contributed by atoms with Crippen LogP contribution in [-0.2, 0) is 17.8 Å². The van der Waals surface area contributed by atoms with Gasteiger partial charge in [0.2, 0.25) is 5.91 Å². The van der Waals surface area contributed by atoms with Crippen LogP contribution in [0.15, 0.2) is 60.8 Å². The zero-order valence-electron chi connectivity index (χ0n) is 18.4. The number of urea groups is 1. The molecule has 0 unspecified atom stereocenters. The smallest absolute Gasteiger partial charge is 0.315 e. The summed E-state index contributed by atoms with van der Waals surface area (Å²) in [6, 6.07) is 16.6. The number of unbranched alkanes of at least 4 members (excludes halogenated alkanes) is 3. The molecule has 1 aromatic heterocycles. The fourth-order valence-electron chi connectivity index (χ4n) is 3.67. The van der Waals surface area contributed by atoms with E-state index in [1.165, 1.54) is 0 Å². The van der Waals surface area contributed by atoms with Crippen LogP contribution in [0.1, 0.15) is 36.8 Å². The topological polar surface area (TPSA) is 112 Å². The van der Waals surface area contributed by atoms with Gasteiger partial charge in [0.15, 0.2) is 0 Å². The molecule has 0 radical (unpaired) electrons. The normalized spacial score (nSPS) is 11.8. The Morgan fingerprint density at radius 1 is 0.906 bits per heavy atom. The average molecular weight is 436 g/mol. The zero-order valence-corrected chi connectivity index (χ0v) is 18.4. The highest BCUT2D eigenvalue weighted by atomic mass is 16.2. The fraction of sp³-hybridized carbons (Fsp3) is 0.360. The summed E-state index contributed by atoms with van der Waals surface area (Å²) in [4.78, 5) is 28.7. The fourth-order valence-corrected chi connectivity index (χ4v) is 3.67. The zero-order chi connectivity index (χ0) is 22.6. The van der Waals surface area contributed by atoms with Crippen molar-refractivity contribution in [2.45, 2.75) is 44.7 Å². The molecule has 0 aliphatic heterocycles. The first kappa shape index (κ1) is 23.3. The molecule has 2 aromatic carbocycles. The summed E-state index contributed by atoms with van der Waals surface area (Å²) in [6.45, 7) is 1.68. The maximum absolute atomic E-state index is 12.9.